The summed E-state index contributed by atoms with van der Waals surface area (Å²) in [6.07, 6.45) is 7.16. The Hall–Kier alpha value is -4.35. The van der Waals surface area contributed by atoms with Crippen molar-refractivity contribution in [3.8, 4) is 5.75 Å². The van der Waals surface area contributed by atoms with Crippen LogP contribution in [0.15, 0.2) is 76.4 Å². The maximum Gasteiger partial charge on any atom is 0.253 e. The topological polar surface area (TPSA) is 124 Å². The van der Waals surface area contributed by atoms with E-state index in [9.17, 15) is 4.79 Å². The third-order valence-corrected chi connectivity index (χ3v) is 7.07. The van der Waals surface area contributed by atoms with Crippen molar-refractivity contribution in [1.82, 2.24) is 35.1 Å². The van der Waals surface area contributed by atoms with E-state index in [-0.39, 0.29) is 11.7 Å². The minimum absolute atomic E-state index is 0.0170. The maximum atomic E-state index is 13.7. The van der Waals surface area contributed by atoms with Crippen LogP contribution in [0.2, 0.25) is 0 Å². The first-order valence-electron chi connectivity index (χ1n) is 13.5. The summed E-state index contributed by atoms with van der Waals surface area (Å²) in [5.41, 5.74) is 2.00. The molecule has 1 aliphatic heterocycles. The van der Waals surface area contributed by atoms with Gasteiger partial charge in [-0.15, -0.1) is 5.10 Å². The van der Waals surface area contributed by atoms with Gasteiger partial charge in [-0.05, 0) is 78.2 Å². The third kappa shape index (κ3) is 5.65. The molecule has 0 bridgehead atoms. The highest BCUT2D eigenvalue weighted by Crippen LogP contribution is 2.31. The summed E-state index contributed by atoms with van der Waals surface area (Å²) in [7, 11) is 0. The van der Waals surface area contributed by atoms with E-state index < -0.39 is 6.04 Å². The molecule has 11 heteroatoms. The molecule has 4 aromatic heterocycles. The second-order valence-corrected chi connectivity index (χ2v) is 9.84. The van der Waals surface area contributed by atoms with Crippen LogP contribution in [0, 0.1) is 0 Å². The summed E-state index contributed by atoms with van der Waals surface area (Å²) < 4.78 is 19.1. The van der Waals surface area contributed by atoms with Crippen LogP contribution in [0.4, 0.5) is 0 Å². The van der Waals surface area contributed by atoms with Crippen LogP contribution in [0.25, 0.3) is 10.9 Å². The van der Waals surface area contributed by atoms with Gasteiger partial charge < -0.3 is 18.9 Å². The van der Waals surface area contributed by atoms with Crippen LogP contribution in [0.5, 0.6) is 5.75 Å². The van der Waals surface area contributed by atoms with Gasteiger partial charge in [0.05, 0.1) is 32.1 Å². The fourth-order valence-electron chi connectivity index (χ4n) is 5.25. The van der Waals surface area contributed by atoms with Gasteiger partial charge in [-0.1, -0.05) is 6.07 Å². The van der Waals surface area contributed by atoms with Crippen molar-refractivity contribution in [2.24, 2.45) is 0 Å². The lowest BCUT2D eigenvalue weighted by molar-refractivity contribution is 0.0901. The average Bonchev–Trinajstić information content (AvgIpc) is 3.75. The molecule has 1 N–H and O–H groups in total. The number of furan rings is 1. The second kappa shape index (κ2) is 11.8. The van der Waals surface area contributed by atoms with Crippen LogP contribution in [0.1, 0.15) is 48.5 Å². The summed E-state index contributed by atoms with van der Waals surface area (Å²) in [5, 5.41) is 13.7. The number of benzene rings is 1. The summed E-state index contributed by atoms with van der Waals surface area (Å²) in [4.78, 5) is 23.3. The molecule has 0 saturated carbocycles. The van der Waals surface area contributed by atoms with Gasteiger partial charge in [0.25, 0.3) is 5.56 Å². The molecule has 2 atom stereocenters. The molecule has 1 aliphatic rings. The van der Waals surface area contributed by atoms with Crippen LogP contribution in [-0.2, 0) is 24.4 Å². The van der Waals surface area contributed by atoms with Crippen molar-refractivity contribution >= 4 is 10.9 Å². The van der Waals surface area contributed by atoms with Crippen molar-refractivity contribution in [3.63, 3.8) is 0 Å². The number of hydrogen-bond acceptors (Lipinski definition) is 9. The third-order valence-electron chi connectivity index (χ3n) is 7.07. The van der Waals surface area contributed by atoms with Crippen LogP contribution in [0.3, 0.4) is 0 Å². The van der Waals surface area contributed by atoms with Crippen LogP contribution in [-0.4, -0.2) is 54.4 Å². The van der Waals surface area contributed by atoms with Crippen LogP contribution >= 0.6 is 0 Å². The fourth-order valence-corrected chi connectivity index (χ4v) is 5.25. The number of H-pyrrole nitrogens is 1. The van der Waals surface area contributed by atoms with Gasteiger partial charge in [0.15, 0.2) is 5.82 Å². The molecule has 0 spiro atoms. The lowest BCUT2D eigenvalue weighted by Crippen LogP contribution is -2.35. The van der Waals surface area contributed by atoms with Gasteiger partial charge >= 0.3 is 0 Å². The minimum Gasteiger partial charge on any atom is -0.494 e. The van der Waals surface area contributed by atoms with E-state index in [1.165, 1.54) is 0 Å². The Morgan fingerprint density at radius 3 is 2.92 bits per heavy atom. The van der Waals surface area contributed by atoms with E-state index in [2.05, 4.69) is 30.4 Å². The Morgan fingerprint density at radius 2 is 2.15 bits per heavy atom. The molecule has 0 radical (unpaired) electrons. The number of hydrogen-bond donors (Lipinski definition) is 1. The predicted molar refractivity (Wildman–Crippen MR) is 147 cm³/mol. The summed E-state index contributed by atoms with van der Waals surface area (Å²) in [5.74, 6) is 2.04. The Balaban J connectivity index is 1.50. The molecule has 2 unspecified atom stereocenters. The largest absolute Gasteiger partial charge is 0.494 e. The minimum atomic E-state index is -0.606. The van der Waals surface area contributed by atoms with Gasteiger partial charge in [-0.3, -0.25) is 14.7 Å². The molecule has 5 heterocycles. The van der Waals surface area contributed by atoms with Crippen molar-refractivity contribution in [2.75, 3.05) is 13.2 Å². The Bertz CT molecular complexity index is 1590. The lowest BCUT2D eigenvalue weighted by atomic mass is 10.0. The van der Waals surface area contributed by atoms with E-state index in [1.54, 1.807) is 17.1 Å². The number of ether oxygens (including phenoxy) is 2. The number of tetrazole rings is 1. The zero-order valence-electron chi connectivity index (χ0n) is 22.3. The van der Waals surface area contributed by atoms with E-state index in [0.717, 1.165) is 47.4 Å². The SMILES string of the molecule is CCOc1ccc2[nH]c(=O)c(C(c3nnnn3CC3CCCO3)N(Cc3cccnc3)Cc3ccco3)cc2c1. The summed E-state index contributed by atoms with van der Waals surface area (Å²) >= 11 is 0. The van der Waals surface area contributed by atoms with E-state index in [4.69, 9.17) is 13.9 Å². The molecule has 6 rings (SSSR count). The molecule has 1 saturated heterocycles. The van der Waals surface area contributed by atoms with E-state index in [0.29, 0.717) is 37.6 Å². The van der Waals surface area contributed by atoms with Crippen molar-refractivity contribution < 1.29 is 13.9 Å². The Morgan fingerprint density at radius 1 is 1.20 bits per heavy atom. The van der Waals surface area contributed by atoms with Gasteiger partial charge in [-0.25, -0.2) is 4.68 Å². The number of nitrogens with one attached hydrogen (secondary N) is 1. The molecule has 0 amide bonds. The molecule has 0 aliphatic carbocycles. The fraction of sp³-hybridized carbons (Fsp3) is 0.345. The second-order valence-electron chi connectivity index (χ2n) is 9.84. The zero-order valence-corrected chi connectivity index (χ0v) is 22.3. The lowest BCUT2D eigenvalue weighted by Gasteiger charge is -2.30. The Labute approximate surface area is 230 Å². The normalized spacial score (nSPS) is 16.1. The summed E-state index contributed by atoms with van der Waals surface area (Å²) in [6, 6.07) is 14.6. The number of pyridine rings is 2. The monoisotopic (exact) mass is 541 g/mol. The first kappa shape index (κ1) is 25.9. The standard InChI is InChI=1S/C29H31N7O4/c1-2-38-22-9-10-26-21(14-22)15-25(29(37)31-26)27(28-32-33-34-36(28)19-24-8-5-13-40-24)35(18-23-7-4-12-39-23)17-20-6-3-11-30-16-20/h3-4,6-7,9-12,14-16,24,27H,2,5,8,13,17-19H2,1H3,(H,31,37). The molecular formula is C29H31N7O4. The predicted octanol–water partition coefficient (Wildman–Crippen LogP) is 3.87. The molecule has 1 fully saturated rings. The smallest absolute Gasteiger partial charge is 0.253 e. The number of nitrogens with zero attached hydrogens (tertiary/aromatic N) is 6. The van der Waals surface area contributed by atoms with E-state index >= 15 is 0 Å². The quantitative estimate of drug-likeness (QED) is 0.265. The molecule has 1 aromatic carbocycles. The van der Waals surface area contributed by atoms with Gasteiger partial charge in [-0.2, -0.15) is 0 Å². The molecule has 5 aromatic rings. The first-order chi connectivity index (χ1) is 19.7. The van der Waals surface area contributed by atoms with Crippen molar-refractivity contribution in [1.29, 1.82) is 0 Å². The van der Waals surface area contributed by atoms with Crippen LogP contribution < -0.4 is 10.3 Å². The zero-order chi connectivity index (χ0) is 27.3. The number of fused-ring (bicyclic) bond motifs is 1. The van der Waals surface area contributed by atoms with Gasteiger partial charge in [0.1, 0.15) is 17.6 Å². The molecular weight excluding hydrogens is 510 g/mol. The maximum absolute atomic E-state index is 13.7. The van der Waals surface area contributed by atoms with Gasteiger partial charge in [0.2, 0.25) is 0 Å². The number of rotatable bonds is 11. The highest BCUT2D eigenvalue weighted by Gasteiger charge is 2.32. The number of aromatic nitrogens is 6. The van der Waals surface area contributed by atoms with Crippen molar-refractivity contribution in [2.45, 2.75) is 51.5 Å². The average molecular weight is 542 g/mol. The molecule has 206 valence electrons. The van der Waals surface area contributed by atoms with Gasteiger partial charge in [0, 0.05) is 42.0 Å². The molecule has 40 heavy (non-hydrogen) atoms. The number of aromatic amines is 1. The Kier molecular flexibility index (Phi) is 7.64. The van der Waals surface area contributed by atoms with E-state index in [1.807, 2.05) is 61.7 Å². The van der Waals surface area contributed by atoms with Crippen molar-refractivity contribution in [3.05, 3.63) is 100 Å². The summed E-state index contributed by atoms with van der Waals surface area (Å²) in [6.45, 7) is 4.60. The highest BCUT2D eigenvalue weighted by atomic mass is 16.5. The first-order valence-corrected chi connectivity index (χ1v) is 13.5. The molecule has 11 nitrogen and oxygen atoms in total. The highest BCUT2D eigenvalue weighted by molar-refractivity contribution is 5.80.